The van der Waals surface area contributed by atoms with Crippen molar-refractivity contribution in [1.29, 1.82) is 0 Å². The maximum atomic E-state index is 6.85. The molecule has 5 nitrogen and oxygen atoms in total. The highest BCUT2D eigenvalue weighted by molar-refractivity contribution is 6.40. The molecule has 0 fully saturated rings. The van der Waals surface area contributed by atoms with E-state index in [2.05, 4.69) is 108 Å². The van der Waals surface area contributed by atoms with Gasteiger partial charge in [-0.15, -0.1) is 0 Å². The topological polar surface area (TPSA) is 57.0 Å². The maximum absolute atomic E-state index is 6.85. The summed E-state index contributed by atoms with van der Waals surface area (Å²) in [5, 5.41) is 9.67. The van der Waals surface area contributed by atoms with Gasteiger partial charge in [0.2, 0.25) is 5.95 Å². The van der Waals surface area contributed by atoms with Gasteiger partial charge in [-0.2, -0.15) is 0 Å². The van der Waals surface area contributed by atoms with Crippen LogP contribution >= 0.6 is 0 Å². The third-order valence-corrected chi connectivity index (χ3v) is 9.58. The summed E-state index contributed by atoms with van der Waals surface area (Å²) in [6.45, 7) is 0. The molecule has 218 valence electrons. The maximum Gasteiger partial charge on any atom is 0.235 e. The summed E-state index contributed by atoms with van der Waals surface area (Å²) in [6.07, 6.45) is 0. The van der Waals surface area contributed by atoms with Gasteiger partial charge in [0, 0.05) is 48.7 Å². The molecular weight excluding hydrogens is 578 g/mol. The van der Waals surface area contributed by atoms with Crippen LogP contribution in [0.2, 0.25) is 0 Å². The van der Waals surface area contributed by atoms with Gasteiger partial charge in [0.15, 0.2) is 0 Å². The molecule has 11 aromatic rings. The highest BCUT2D eigenvalue weighted by atomic mass is 16.3. The van der Waals surface area contributed by atoms with E-state index in [4.69, 9.17) is 18.8 Å². The molecule has 7 aromatic carbocycles. The average molecular weight is 602 g/mol. The van der Waals surface area contributed by atoms with Gasteiger partial charge in [-0.05, 0) is 36.4 Å². The minimum absolute atomic E-state index is 0.614. The molecule has 0 aliphatic heterocycles. The molecule has 0 amide bonds. The number of nitrogens with zero attached hydrogens (tertiary/aromatic N) is 3. The van der Waals surface area contributed by atoms with Crippen molar-refractivity contribution < 1.29 is 8.83 Å². The van der Waals surface area contributed by atoms with Crippen LogP contribution in [-0.4, -0.2) is 14.5 Å². The SMILES string of the molecule is c1ccc(-c2nc(-n3c4ccccc4c4c5oc6ccccc6c5c5c(ccc6oc7ccccc7c65)c43)nc3ccccc23)cc1. The summed E-state index contributed by atoms with van der Waals surface area (Å²) in [5.74, 6) is 0.614. The smallest absolute Gasteiger partial charge is 0.235 e. The quantitative estimate of drug-likeness (QED) is 0.198. The molecular formula is C42H23N3O2. The largest absolute Gasteiger partial charge is 0.456 e. The van der Waals surface area contributed by atoms with Crippen molar-refractivity contribution in [1.82, 2.24) is 14.5 Å². The van der Waals surface area contributed by atoms with E-state index in [1.165, 1.54) is 0 Å². The molecule has 0 saturated heterocycles. The van der Waals surface area contributed by atoms with E-state index in [9.17, 15) is 0 Å². The van der Waals surface area contributed by atoms with Crippen LogP contribution in [-0.2, 0) is 0 Å². The Morgan fingerprint density at radius 3 is 1.91 bits per heavy atom. The second-order valence-corrected chi connectivity index (χ2v) is 12.1. The number of benzene rings is 7. The molecule has 4 heterocycles. The molecule has 0 saturated carbocycles. The van der Waals surface area contributed by atoms with Gasteiger partial charge >= 0.3 is 0 Å². The first kappa shape index (κ1) is 24.8. The van der Waals surface area contributed by atoms with Crippen LogP contribution in [0.1, 0.15) is 0 Å². The van der Waals surface area contributed by atoms with Gasteiger partial charge < -0.3 is 8.83 Å². The van der Waals surface area contributed by atoms with E-state index >= 15 is 0 Å². The lowest BCUT2D eigenvalue weighted by Crippen LogP contribution is -2.03. The van der Waals surface area contributed by atoms with Gasteiger partial charge in [0.1, 0.15) is 22.3 Å². The molecule has 0 spiro atoms. The van der Waals surface area contributed by atoms with E-state index in [-0.39, 0.29) is 0 Å². The Morgan fingerprint density at radius 2 is 1.09 bits per heavy atom. The van der Waals surface area contributed by atoms with Gasteiger partial charge in [0.05, 0.1) is 27.6 Å². The predicted octanol–water partition coefficient (Wildman–Crippen LogP) is 11.3. The normalized spacial score (nSPS) is 12.3. The van der Waals surface area contributed by atoms with E-state index in [1.54, 1.807) is 0 Å². The Labute approximate surface area is 266 Å². The first-order valence-corrected chi connectivity index (χ1v) is 15.8. The first-order valence-electron chi connectivity index (χ1n) is 15.8. The lowest BCUT2D eigenvalue weighted by molar-refractivity contribution is 0.669. The summed E-state index contributed by atoms with van der Waals surface area (Å²) >= 11 is 0. The minimum Gasteiger partial charge on any atom is -0.456 e. The van der Waals surface area contributed by atoms with Crippen LogP contribution < -0.4 is 0 Å². The zero-order valence-electron chi connectivity index (χ0n) is 24.9. The van der Waals surface area contributed by atoms with Crippen LogP contribution in [0.3, 0.4) is 0 Å². The van der Waals surface area contributed by atoms with Crippen molar-refractivity contribution in [3.8, 4) is 17.2 Å². The van der Waals surface area contributed by atoms with Crippen molar-refractivity contribution in [2.75, 3.05) is 0 Å². The Kier molecular flexibility index (Phi) is 4.78. The number of hydrogen-bond acceptors (Lipinski definition) is 4. The Bertz CT molecular complexity index is 3070. The van der Waals surface area contributed by atoms with Crippen LogP contribution in [0.4, 0.5) is 0 Å². The third kappa shape index (κ3) is 3.27. The monoisotopic (exact) mass is 601 g/mol. The van der Waals surface area contributed by atoms with Crippen molar-refractivity contribution in [3.05, 3.63) is 140 Å². The summed E-state index contributed by atoms with van der Waals surface area (Å²) in [4.78, 5) is 10.6. The number of para-hydroxylation sites is 4. The summed E-state index contributed by atoms with van der Waals surface area (Å²) in [5.41, 5.74) is 8.27. The molecule has 0 bridgehead atoms. The van der Waals surface area contributed by atoms with Gasteiger partial charge in [-0.1, -0.05) is 103 Å². The van der Waals surface area contributed by atoms with Gasteiger partial charge in [-0.25, -0.2) is 9.97 Å². The first-order chi connectivity index (χ1) is 23.3. The molecule has 0 atom stereocenters. The summed E-state index contributed by atoms with van der Waals surface area (Å²) in [6, 6.07) is 48.0. The summed E-state index contributed by atoms with van der Waals surface area (Å²) in [7, 11) is 0. The second-order valence-electron chi connectivity index (χ2n) is 12.1. The Hall–Kier alpha value is -6.46. The molecule has 11 rings (SSSR count). The molecule has 0 unspecified atom stereocenters. The van der Waals surface area contributed by atoms with Crippen molar-refractivity contribution in [2.45, 2.75) is 0 Å². The zero-order valence-corrected chi connectivity index (χ0v) is 24.9. The molecule has 0 N–H and O–H groups in total. The van der Waals surface area contributed by atoms with E-state index in [0.717, 1.165) is 98.6 Å². The third-order valence-electron chi connectivity index (χ3n) is 9.58. The second kappa shape index (κ2) is 9.05. The molecule has 0 aliphatic rings. The fourth-order valence-corrected chi connectivity index (χ4v) is 7.66. The van der Waals surface area contributed by atoms with Crippen LogP contribution in [0.15, 0.2) is 148 Å². The van der Waals surface area contributed by atoms with Crippen molar-refractivity contribution in [3.63, 3.8) is 0 Å². The molecule has 47 heavy (non-hydrogen) atoms. The highest BCUT2D eigenvalue weighted by Gasteiger charge is 2.26. The molecule has 0 aliphatic carbocycles. The lowest BCUT2D eigenvalue weighted by Gasteiger charge is -2.13. The fourth-order valence-electron chi connectivity index (χ4n) is 7.66. The van der Waals surface area contributed by atoms with Gasteiger partial charge in [-0.3, -0.25) is 4.57 Å². The number of aromatic nitrogens is 3. The molecule has 5 heteroatoms. The van der Waals surface area contributed by atoms with Crippen LogP contribution in [0.5, 0.6) is 0 Å². The van der Waals surface area contributed by atoms with Gasteiger partial charge in [0.25, 0.3) is 0 Å². The van der Waals surface area contributed by atoms with Crippen molar-refractivity contribution >= 4 is 87.4 Å². The predicted molar refractivity (Wildman–Crippen MR) is 191 cm³/mol. The number of fused-ring (bicyclic) bond motifs is 15. The average Bonchev–Trinajstić information content (AvgIpc) is 3.81. The van der Waals surface area contributed by atoms with E-state index in [1.807, 2.05) is 36.4 Å². The molecule has 4 aromatic heterocycles. The van der Waals surface area contributed by atoms with Crippen LogP contribution in [0.25, 0.3) is 105 Å². The number of furan rings is 2. The highest BCUT2D eigenvalue weighted by Crippen LogP contribution is 2.49. The fraction of sp³-hybridized carbons (Fsp3) is 0. The van der Waals surface area contributed by atoms with Crippen molar-refractivity contribution in [2.24, 2.45) is 0 Å². The Balaban J connectivity index is 1.42. The zero-order chi connectivity index (χ0) is 30.6. The van der Waals surface area contributed by atoms with E-state index in [0.29, 0.717) is 5.95 Å². The number of rotatable bonds is 2. The minimum atomic E-state index is 0.614. The standard InChI is InChI=1S/C42H23N3O2/c1-2-12-24(13-3-1)39-25-14-4-8-18-30(25)43-42(44-39)45-31-19-9-5-15-26(31)38-40(45)29-22-23-34-35(27-16-6-10-20-32(27)46-34)36(29)37-28-17-7-11-21-33(28)47-41(37)38/h1-23H. The molecule has 0 radical (unpaired) electrons. The lowest BCUT2D eigenvalue weighted by atomic mass is 9.96. The van der Waals surface area contributed by atoms with E-state index < -0.39 is 0 Å². The Morgan fingerprint density at radius 1 is 0.426 bits per heavy atom. The van der Waals surface area contributed by atoms with Crippen LogP contribution in [0, 0.1) is 0 Å². The summed E-state index contributed by atoms with van der Waals surface area (Å²) < 4.78 is 15.5. The number of hydrogen-bond donors (Lipinski definition) is 0.